The van der Waals surface area contributed by atoms with Gasteiger partial charge in [0.05, 0.1) is 6.42 Å². The van der Waals surface area contributed by atoms with Crippen molar-refractivity contribution < 1.29 is 108 Å². The van der Waals surface area contributed by atoms with Crippen LogP contribution in [0.15, 0.2) is 0 Å². The van der Waals surface area contributed by atoms with Gasteiger partial charge in [0.1, 0.15) is 0 Å². The number of nitrogens with one attached hydrogen (secondary N) is 2. The molecule has 0 aromatic carbocycles. The highest BCUT2D eigenvalue weighted by atomic mass is 19.4. The van der Waals surface area contributed by atoms with E-state index in [9.17, 15) is 97.4 Å². The average Bonchev–Trinajstić information content (AvgIpc) is 2.83. The third kappa shape index (κ3) is 8.16. The first-order chi connectivity index (χ1) is 20.1. The third-order valence-electron chi connectivity index (χ3n) is 6.03. The van der Waals surface area contributed by atoms with Crippen LogP contribution in [0, 0.1) is 0 Å². The summed E-state index contributed by atoms with van der Waals surface area (Å²) in [7, 11) is 0. The average molecular weight is 732 g/mol. The zero-order chi connectivity index (χ0) is 37.2. The van der Waals surface area contributed by atoms with Crippen molar-refractivity contribution in [2.45, 2.75) is 104 Å². The summed E-state index contributed by atoms with van der Waals surface area (Å²) in [6, 6.07) is -2.56. The Kier molecular flexibility index (Phi) is 12.9. The molecule has 0 spiro atoms. The van der Waals surface area contributed by atoms with Gasteiger partial charge >= 0.3 is 71.9 Å². The largest absolute Gasteiger partial charge is 0.465 e. The van der Waals surface area contributed by atoms with Gasteiger partial charge < -0.3 is 20.8 Å². The molecule has 0 saturated carbocycles. The molecule has 4 N–H and O–H groups in total. The summed E-state index contributed by atoms with van der Waals surface area (Å²) in [6.07, 6.45) is -19.7. The van der Waals surface area contributed by atoms with Crippen molar-refractivity contribution in [3.8, 4) is 0 Å². The van der Waals surface area contributed by atoms with Crippen molar-refractivity contribution in [2.75, 3.05) is 6.54 Å². The number of alkyl halides is 20. The summed E-state index contributed by atoms with van der Waals surface area (Å²) in [4.78, 5) is 21.1. The molecule has 6 nitrogen and oxygen atoms in total. The molecule has 0 fully saturated rings. The standard InChI is InChI=1S/C20H20F20N2O4/c21-9(22)15(29,30)19(37,38)20(39,40)18(35,36)14(27,28)7-13(25,26)17(33,34)16(31,32)12(23,24)6-8(42-11(45)46)4-2-1-3-5-41-10(43)44/h8-9,41-42H,1-7H2,(H,43,44)(H,45,46). The molecule has 274 valence electrons. The van der Waals surface area contributed by atoms with E-state index in [4.69, 9.17) is 10.2 Å². The van der Waals surface area contributed by atoms with Gasteiger partial charge in [0.15, 0.2) is 0 Å². The second kappa shape index (κ2) is 13.7. The maximum Gasteiger partial charge on any atom is 0.404 e. The summed E-state index contributed by atoms with van der Waals surface area (Å²) in [5, 5.41) is 19.9. The highest BCUT2D eigenvalue weighted by Gasteiger charge is 2.90. The number of halogens is 20. The van der Waals surface area contributed by atoms with Gasteiger partial charge in [0.2, 0.25) is 0 Å². The molecule has 0 aromatic rings. The zero-order valence-corrected chi connectivity index (χ0v) is 21.9. The van der Waals surface area contributed by atoms with Crippen LogP contribution in [0.5, 0.6) is 0 Å². The lowest BCUT2D eigenvalue weighted by atomic mass is 9.87. The lowest BCUT2D eigenvalue weighted by Crippen LogP contribution is -2.70. The zero-order valence-electron chi connectivity index (χ0n) is 21.9. The normalized spacial score (nSPS) is 15.6. The van der Waals surface area contributed by atoms with Gasteiger partial charge in [-0.25, -0.2) is 18.4 Å². The minimum Gasteiger partial charge on any atom is -0.465 e. The number of unbranched alkanes of at least 4 members (excludes halogenated alkanes) is 2. The summed E-state index contributed by atoms with van der Waals surface area (Å²) in [6.45, 7) is -0.302. The van der Waals surface area contributed by atoms with Gasteiger partial charge in [-0.2, -0.15) is 79.0 Å². The van der Waals surface area contributed by atoms with Crippen LogP contribution in [0.25, 0.3) is 0 Å². The summed E-state index contributed by atoms with van der Waals surface area (Å²) in [5.74, 6) is -70.9. The van der Waals surface area contributed by atoms with E-state index in [-0.39, 0.29) is 19.4 Å². The van der Waals surface area contributed by atoms with Crippen LogP contribution in [0.2, 0.25) is 0 Å². The molecule has 1 unspecified atom stereocenters. The lowest BCUT2D eigenvalue weighted by molar-refractivity contribution is -0.424. The van der Waals surface area contributed by atoms with E-state index >= 15 is 0 Å². The fraction of sp³-hybridized carbons (Fsp3) is 0.900. The number of hydrogen-bond acceptors (Lipinski definition) is 2. The first-order valence-electron chi connectivity index (χ1n) is 11.8. The van der Waals surface area contributed by atoms with Crippen LogP contribution in [-0.4, -0.2) is 94.7 Å². The second-order valence-electron chi connectivity index (χ2n) is 9.52. The summed E-state index contributed by atoms with van der Waals surface area (Å²) < 4.78 is 271. The number of carboxylic acid groups (broad SMARTS) is 2. The molecule has 46 heavy (non-hydrogen) atoms. The van der Waals surface area contributed by atoms with Crippen LogP contribution >= 0.6 is 0 Å². The SMILES string of the molecule is O=C(O)NCCCCCC(CC(F)(F)C(F)(F)C(F)(F)C(F)(F)CC(F)(F)C(F)(F)C(F)(F)C(F)(F)C(F)(F)C(F)F)NC(=O)O. The van der Waals surface area contributed by atoms with Crippen molar-refractivity contribution >= 4 is 12.2 Å². The van der Waals surface area contributed by atoms with E-state index in [0.29, 0.717) is 0 Å². The van der Waals surface area contributed by atoms with Crippen LogP contribution in [-0.2, 0) is 0 Å². The van der Waals surface area contributed by atoms with E-state index in [0.717, 1.165) is 5.32 Å². The molecule has 0 bridgehead atoms. The van der Waals surface area contributed by atoms with Gasteiger partial charge in [-0.3, -0.25) is 0 Å². The van der Waals surface area contributed by atoms with Crippen LogP contribution in [0.3, 0.4) is 0 Å². The molecule has 0 rings (SSSR count). The van der Waals surface area contributed by atoms with E-state index in [1.807, 2.05) is 0 Å². The predicted octanol–water partition coefficient (Wildman–Crippen LogP) is 8.21. The highest BCUT2D eigenvalue weighted by molar-refractivity contribution is 5.65. The monoisotopic (exact) mass is 732 g/mol. The molecule has 26 heteroatoms. The van der Waals surface area contributed by atoms with E-state index < -0.39 is 104 Å². The van der Waals surface area contributed by atoms with Gasteiger partial charge in [0.25, 0.3) is 0 Å². The number of carbonyl (C=O) groups is 2. The minimum atomic E-state index is -8.53. The quantitative estimate of drug-likeness (QED) is 0.0795. The molecule has 0 aromatic heterocycles. The van der Waals surface area contributed by atoms with Gasteiger partial charge in [0, 0.05) is 19.0 Å². The number of hydrogen-bond donors (Lipinski definition) is 4. The Morgan fingerprint density at radius 2 is 0.957 bits per heavy atom. The van der Waals surface area contributed by atoms with E-state index in [2.05, 4.69) is 0 Å². The summed E-state index contributed by atoms with van der Waals surface area (Å²) >= 11 is 0. The molecule has 0 aliphatic heterocycles. The maximum atomic E-state index is 14.3. The predicted molar refractivity (Wildman–Crippen MR) is 109 cm³/mol. The molecule has 2 amide bonds. The van der Waals surface area contributed by atoms with Crippen molar-refractivity contribution in [3.63, 3.8) is 0 Å². The topological polar surface area (TPSA) is 98.7 Å². The van der Waals surface area contributed by atoms with Crippen LogP contribution in [0.4, 0.5) is 97.4 Å². The fourth-order valence-corrected chi connectivity index (χ4v) is 3.46. The van der Waals surface area contributed by atoms with Gasteiger partial charge in [-0.05, 0) is 12.8 Å². The molecule has 0 heterocycles. The molecule has 0 aliphatic carbocycles. The first kappa shape index (κ1) is 43.1. The Bertz CT molecular complexity index is 1050. The Labute approximate surface area is 242 Å². The van der Waals surface area contributed by atoms with Gasteiger partial charge in [-0.15, -0.1) is 0 Å². The molecule has 0 radical (unpaired) electrons. The maximum absolute atomic E-state index is 14.3. The Morgan fingerprint density at radius 3 is 1.35 bits per heavy atom. The van der Waals surface area contributed by atoms with E-state index in [1.54, 1.807) is 5.32 Å². The number of amides is 2. The number of rotatable bonds is 19. The van der Waals surface area contributed by atoms with Crippen molar-refractivity contribution in [1.29, 1.82) is 0 Å². The summed E-state index contributed by atoms with van der Waals surface area (Å²) in [5.41, 5.74) is 0. The molecular formula is C20H20F20N2O4. The smallest absolute Gasteiger partial charge is 0.404 e. The molecular weight excluding hydrogens is 712 g/mol. The highest BCUT2D eigenvalue weighted by Crippen LogP contribution is 2.62. The lowest BCUT2D eigenvalue weighted by Gasteiger charge is -2.42. The molecule has 0 aliphatic rings. The second-order valence-corrected chi connectivity index (χ2v) is 9.52. The third-order valence-corrected chi connectivity index (χ3v) is 6.03. The Hall–Kier alpha value is -2.86. The van der Waals surface area contributed by atoms with Crippen molar-refractivity contribution in [1.82, 2.24) is 10.6 Å². The van der Waals surface area contributed by atoms with Crippen molar-refractivity contribution in [3.05, 3.63) is 0 Å². The van der Waals surface area contributed by atoms with Crippen LogP contribution < -0.4 is 10.6 Å². The Balaban J connectivity index is 6.34. The molecule has 0 saturated heterocycles. The van der Waals surface area contributed by atoms with E-state index in [1.165, 1.54) is 0 Å². The minimum absolute atomic E-state index is 0.119. The Morgan fingerprint density at radius 1 is 0.543 bits per heavy atom. The van der Waals surface area contributed by atoms with Crippen LogP contribution in [0.1, 0.15) is 38.5 Å². The fourth-order valence-electron chi connectivity index (χ4n) is 3.46. The van der Waals surface area contributed by atoms with Crippen molar-refractivity contribution in [2.24, 2.45) is 0 Å². The first-order valence-corrected chi connectivity index (χ1v) is 11.8. The van der Waals surface area contributed by atoms with Gasteiger partial charge in [-0.1, -0.05) is 12.8 Å². The molecule has 1 atom stereocenters.